The molecule has 0 saturated carbocycles. The zero-order valence-electron chi connectivity index (χ0n) is 12.8. The van der Waals surface area contributed by atoms with Gasteiger partial charge in [0.25, 0.3) is 0 Å². The first-order chi connectivity index (χ1) is 11.3. The van der Waals surface area contributed by atoms with Crippen LogP contribution in [0.25, 0.3) is 0 Å². The first-order valence-electron chi connectivity index (χ1n) is 7.02. The monoisotopic (exact) mass is 387 g/mol. The van der Waals surface area contributed by atoms with Crippen molar-refractivity contribution < 1.29 is 17.9 Å². The van der Waals surface area contributed by atoms with Crippen LogP contribution >= 0.6 is 23.2 Å². The summed E-state index contributed by atoms with van der Waals surface area (Å²) in [4.78, 5) is 11.7. The van der Waals surface area contributed by atoms with Crippen LogP contribution in [0, 0.1) is 0 Å². The fourth-order valence-electron chi connectivity index (χ4n) is 1.99. The normalized spacial score (nSPS) is 11.1. The molecule has 0 aliphatic heterocycles. The van der Waals surface area contributed by atoms with Crippen molar-refractivity contribution in [3.8, 4) is 0 Å². The molecular formula is C16H15Cl2NO4S. The van der Waals surface area contributed by atoms with Gasteiger partial charge in [-0.2, -0.15) is 0 Å². The van der Waals surface area contributed by atoms with E-state index in [0.29, 0.717) is 10.6 Å². The van der Waals surface area contributed by atoms with E-state index in [-0.39, 0.29) is 28.6 Å². The molecule has 0 fully saturated rings. The predicted octanol–water partition coefficient (Wildman–Crippen LogP) is 4.11. The highest BCUT2D eigenvalue weighted by atomic mass is 35.5. The third kappa shape index (κ3) is 5.12. The molecular weight excluding hydrogens is 373 g/mol. The van der Waals surface area contributed by atoms with Gasteiger partial charge in [0.05, 0.1) is 28.0 Å². The molecule has 0 saturated heterocycles. The largest absolute Gasteiger partial charge is 0.462 e. The average Bonchev–Trinajstić information content (AvgIpc) is 2.50. The van der Waals surface area contributed by atoms with Crippen LogP contribution in [-0.2, 0) is 20.5 Å². The number of rotatable bonds is 6. The lowest BCUT2D eigenvalue weighted by molar-refractivity contribution is 0.0526. The second-order valence-electron chi connectivity index (χ2n) is 4.91. The number of carbonyl (C=O) groups excluding carboxylic acids is 1. The molecule has 128 valence electrons. The quantitative estimate of drug-likeness (QED) is 0.756. The Morgan fingerprint density at radius 2 is 1.88 bits per heavy atom. The van der Waals surface area contributed by atoms with Crippen LogP contribution < -0.4 is 4.72 Å². The van der Waals surface area contributed by atoms with Gasteiger partial charge in [-0.15, -0.1) is 0 Å². The molecule has 0 radical (unpaired) electrons. The fourth-order valence-corrected chi connectivity index (χ4v) is 3.49. The minimum Gasteiger partial charge on any atom is -0.462 e. The second-order valence-corrected chi connectivity index (χ2v) is 7.45. The summed E-state index contributed by atoms with van der Waals surface area (Å²) in [6.07, 6.45) is 0. The summed E-state index contributed by atoms with van der Waals surface area (Å²) in [6, 6.07) is 10.7. The highest BCUT2D eigenvalue weighted by Crippen LogP contribution is 2.24. The van der Waals surface area contributed by atoms with Gasteiger partial charge in [0.2, 0.25) is 10.0 Å². The Hall–Kier alpha value is -1.76. The maximum absolute atomic E-state index is 12.3. The zero-order chi connectivity index (χ0) is 17.7. The molecule has 0 bridgehead atoms. The third-order valence-corrected chi connectivity index (χ3v) is 4.99. The van der Waals surface area contributed by atoms with Gasteiger partial charge >= 0.3 is 5.97 Å². The Bertz CT molecular complexity index is 853. The van der Waals surface area contributed by atoms with Crippen molar-refractivity contribution in [3.63, 3.8) is 0 Å². The van der Waals surface area contributed by atoms with E-state index in [0.717, 1.165) is 0 Å². The summed E-state index contributed by atoms with van der Waals surface area (Å²) in [6.45, 7) is 1.94. The van der Waals surface area contributed by atoms with Crippen LogP contribution in [0.2, 0.25) is 10.0 Å². The maximum Gasteiger partial charge on any atom is 0.338 e. The smallest absolute Gasteiger partial charge is 0.338 e. The standard InChI is InChI=1S/C16H15Cl2NO4S/c1-2-23-16(20)12-4-3-5-13(9-12)19-24(21,22)10-11-6-7-14(17)15(18)8-11/h3-9,19H,2,10H2,1H3. The SMILES string of the molecule is CCOC(=O)c1cccc(NS(=O)(=O)Cc2ccc(Cl)c(Cl)c2)c1. The summed E-state index contributed by atoms with van der Waals surface area (Å²) in [5.41, 5.74) is 1.05. The number of benzene rings is 2. The molecule has 24 heavy (non-hydrogen) atoms. The maximum atomic E-state index is 12.3. The van der Waals surface area contributed by atoms with E-state index in [1.165, 1.54) is 18.2 Å². The Morgan fingerprint density at radius 3 is 2.54 bits per heavy atom. The van der Waals surface area contributed by atoms with Crippen LogP contribution in [0.5, 0.6) is 0 Å². The van der Waals surface area contributed by atoms with Gasteiger partial charge in [-0.3, -0.25) is 4.72 Å². The Kier molecular flexibility index (Phi) is 6.10. The Balaban J connectivity index is 2.15. The van der Waals surface area contributed by atoms with Crippen molar-refractivity contribution in [2.24, 2.45) is 0 Å². The second kappa shape index (κ2) is 7.88. The predicted molar refractivity (Wildman–Crippen MR) is 95.1 cm³/mol. The van der Waals surface area contributed by atoms with Crippen LogP contribution in [0.4, 0.5) is 5.69 Å². The molecule has 1 N–H and O–H groups in total. The molecule has 0 aliphatic carbocycles. The summed E-state index contributed by atoms with van der Waals surface area (Å²) in [5.74, 6) is -0.781. The molecule has 5 nitrogen and oxygen atoms in total. The lowest BCUT2D eigenvalue weighted by atomic mass is 10.2. The van der Waals surface area contributed by atoms with Gasteiger partial charge in [-0.25, -0.2) is 13.2 Å². The van der Waals surface area contributed by atoms with Crippen molar-refractivity contribution in [3.05, 3.63) is 63.6 Å². The van der Waals surface area contributed by atoms with Gasteiger partial charge in [0.1, 0.15) is 0 Å². The van der Waals surface area contributed by atoms with Gasteiger partial charge in [0.15, 0.2) is 0 Å². The van der Waals surface area contributed by atoms with E-state index >= 15 is 0 Å². The van der Waals surface area contributed by atoms with Gasteiger partial charge in [-0.1, -0.05) is 35.3 Å². The summed E-state index contributed by atoms with van der Waals surface area (Å²) in [7, 11) is -3.68. The fraction of sp³-hybridized carbons (Fsp3) is 0.188. The van der Waals surface area contributed by atoms with E-state index in [4.69, 9.17) is 27.9 Å². The molecule has 2 aromatic carbocycles. The molecule has 0 spiro atoms. The minimum atomic E-state index is -3.68. The van der Waals surface area contributed by atoms with Crippen LogP contribution in [0.1, 0.15) is 22.8 Å². The molecule has 2 rings (SSSR count). The number of carbonyl (C=O) groups is 1. The highest BCUT2D eigenvalue weighted by molar-refractivity contribution is 7.91. The van der Waals surface area contributed by atoms with Crippen molar-refractivity contribution in [2.45, 2.75) is 12.7 Å². The number of hydrogen-bond acceptors (Lipinski definition) is 4. The molecule has 0 aromatic heterocycles. The first kappa shape index (κ1) is 18.6. The average molecular weight is 388 g/mol. The van der Waals surface area contributed by atoms with Crippen LogP contribution in [0.3, 0.4) is 0 Å². The van der Waals surface area contributed by atoms with E-state index < -0.39 is 16.0 Å². The minimum absolute atomic E-state index is 0.242. The number of sulfonamides is 1. The van der Waals surface area contributed by atoms with E-state index in [1.54, 1.807) is 31.2 Å². The highest BCUT2D eigenvalue weighted by Gasteiger charge is 2.14. The number of hydrogen-bond donors (Lipinski definition) is 1. The van der Waals surface area contributed by atoms with Crippen LogP contribution in [0.15, 0.2) is 42.5 Å². The lowest BCUT2D eigenvalue weighted by Crippen LogP contribution is -2.15. The van der Waals surface area contributed by atoms with Gasteiger partial charge in [-0.05, 0) is 42.8 Å². The number of anilines is 1. The first-order valence-corrected chi connectivity index (χ1v) is 9.43. The summed E-state index contributed by atoms with van der Waals surface area (Å²) >= 11 is 11.7. The molecule has 8 heteroatoms. The van der Waals surface area contributed by atoms with Crippen molar-refractivity contribution in [1.29, 1.82) is 0 Å². The van der Waals surface area contributed by atoms with Gasteiger partial charge < -0.3 is 4.74 Å². The number of nitrogens with one attached hydrogen (secondary N) is 1. The molecule has 2 aromatic rings. The Labute approximate surface area is 150 Å². The molecule has 0 atom stereocenters. The Morgan fingerprint density at radius 1 is 1.12 bits per heavy atom. The van der Waals surface area contributed by atoms with Crippen molar-refractivity contribution in [1.82, 2.24) is 0 Å². The van der Waals surface area contributed by atoms with Gasteiger partial charge in [0, 0.05) is 5.69 Å². The molecule has 0 unspecified atom stereocenters. The van der Waals surface area contributed by atoms with Crippen LogP contribution in [-0.4, -0.2) is 21.0 Å². The van der Waals surface area contributed by atoms with E-state index in [2.05, 4.69) is 4.72 Å². The molecule has 0 heterocycles. The van der Waals surface area contributed by atoms with E-state index in [1.807, 2.05) is 0 Å². The molecule has 0 amide bonds. The molecule has 0 aliphatic rings. The van der Waals surface area contributed by atoms with Crippen molar-refractivity contribution in [2.75, 3.05) is 11.3 Å². The lowest BCUT2D eigenvalue weighted by Gasteiger charge is -2.10. The summed E-state index contributed by atoms with van der Waals surface area (Å²) in [5, 5.41) is 0.640. The van der Waals surface area contributed by atoms with E-state index in [9.17, 15) is 13.2 Å². The topological polar surface area (TPSA) is 72.5 Å². The number of esters is 1. The zero-order valence-corrected chi connectivity index (χ0v) is 15.1. The van der Waals surface area contributed by atoms with Crippen molar-refractivity contribution >= 4 is 44.9 Å². The summed E-state index contributed by atoms with van der Waals surface area (Å²) < 4.78 is 31.9. The number of halogens is 2. The number of ether oxygens (including phenoxy) is 1. The third-order valence-electron chi connectivity index (χ3n) is 2.99.